The van der Waals surface area contributed by atoms with Crippen molar-refractivity contribution in [2.75, 3.05) is 52.5 Å². The first-order valence-electron chi connectivity index (χ1n) is 7.56. The minimum Gasteiger partial charge on any atom is -0.381 e. The summed E-state index contributed by atoms with van der Waals surface area (Å²) in [5, 5.41) is 0. The Morgan fingerprint density at radius 3 is 2.94 bits per heavy atom. The van der Waals surface area contributed by atoms with Crippen molar-refractivity contribution in [3.05, 3.63) is 0 Å². The standard InChI is InChI=1S/C14H27N3O/c15-10-14(4-2-8-18-12-14)11-16-6-7-17-5-1-3-13(17)9-16/h13H,1-12,15H2. The maximum absolute atomic E-state index is 6.05. The second-order valence-electron chi connectivity index (χ2n) is 6.43. The van der Waals surface area contributed by atoms with Gasteiger partial charge in [0.1, 0.15) is 0 Å². The van der Waals surface area contributed by atoms with Gasteiger partial charge in [-0.1, -0.05) is 0 Å². The minimum absolute atomic E-state index is 0.235. The summed E-state index contributed by atoms with van der Waals surface area (Å²) in [5.74, 6) is 0. The predicted molar refractivity (Wildman–Crippen MR) is 72.6 cm³/mol. The molecule has 0 aromatic carbocycles. The lowest BCUT2D eigenvalue weighted by atomic mass is 9.81. The average Bonchev–Trinajstić information content (AvgIpc) is 2.87. The molecule has 0 amide bonds. The normalized spacial score (nSPS) is 38.8. The van der Waals surface area contributed by atoms with Crippen LogP contribution >= 0.6 is 0 Å². The smallest absolute Gasteiger partial charge is 0.0546 e. The largest absolute Gasteiger partial charge is 0.381 e. The summed E-state index contributed by atoms with van der Waals surface area (Å²) in [6.07, 6.45) is 5.21. The predicted octanol–water partition coefficient (Wildman–Crippen LogP) is 0.522. The van der Waals surface area contributed by atoms with E-state index < -0.39 is 0 Å². The van der Waals surface area contributed by atoms with Gasteiger partial charge in [-0.2, -0.15) is 0 Å². The van der Waals surface area contributed by atoms with Crippen molar-refractivity contribution in [3.8, 4) is 0 Å². The molecule has 18 heavy (non-hydrogen) atoms. The molecule has 2 N–H and O–H groups in total. The summed E-state index contributed by atoms with van der Waals surface area (Å²) in [5.41, 5.74) is 6.28. The van der Waals surface area contributed by atoms with E-state index in [0.717, 1.165) is 32.3 Å². The molecule has 0 spiro atoms. The molecule has 104 valence electrons. The first-order chi connectivity index (χ1) is 8.81. The molecule has 3 aliphatic heterocycles. The average molecular weight is 253 g/mol. The lowest BCUT2D eigenvalue weighted by Crippen LogP contribution is -2.55. The highest BCUT2D eigenvalue weighted by Gasteiger charge is 2.37. The molecule has 0 saturated carbocycles. The van der Waals surface area contributed by atoms with Crippen LogP contribution in [0.4, 0.5) is 0 Å². The van der Waals surface area contributed by atoms with Gasteiger partial charge < -0.3 is 10.5 Å². The SMILES string of the molecule is NCC1(CN2CCN3CCCC3C2)CCCOC1. The fourth-order valence-electron chi connectivity index (χ4n) is 3.93. The van der Waals surface area contributed by atoms with E-state index in [2.05, 4.69) is 9.80 Å². The molecule has 4 heteroatoms. The first-order valence-corrected chi connectivity index (χ1v) is 7.56. The van der Waals surface area contributed by atoms with Crippen LogP contribution in [0.25, 0.3) is 0 Å². The third kappa shape index (κ3) is 2.57. The fourth-order valence-corrected chi connectivity index (χ4v) is 3.93. The van der Waals surface area contributed by atoms with Crippen LogP contribution in [-0.2, 0) is 4.74 Å². The summed E-state index contributed by atoms with van der Waals surface area (Å²) in [6, 6.07) is 0.818. The van der Waals surface area contributed by atoms with Crippen molar-refractivity contribution < 1.29 is 4.74 Å². The van der Waals surface area contributed by atoms with E-state index in [-0.39, 0.29) is 5.41 Å². The van der Waals surface area contributed by atoms with Crippen molar-refractivity contribution in [1.82, 2.24) is 9.80 Å². The van der Waals surface area contributed by atoms with E-state index in [9.17, 15) is 0 Å². The van der Waals surface area contributed by atoms with E-state index in [0.29, 0.717) is 0 Å². The molecule has 3 fully saturated rings. The van der Waals surface area contributed by atoms with Gasteiger partial charge in [0.25, 0.3) is 0 Å². The van der Waals surface area contributed by atoms with Crippen LogP contribution in [0, 0.1) is 5.41 Å². The molecule has 4 nitrogen and oxygen atoms in total. The van der Waals surface area contributed by atoms with Crippen LogP contribution < -0.4 is 5.73 Å². The Morgan fingerprint density at radius 1 is 1.22 bits per heavy atom. The van der Waals surface area contributed by atoms with Gasteiger partial charge in [0.15, 0.2) is 0 Å². The van der Waals surface area contributed by atoms with Crippen LogP contribution in [0.3, 0.4) is 0 Å². The molecular weight excluding hydrogens is 226 g/mol. The number of nitrogens with zero attached hydrogens (tertiary/aromatic N) is 2. The fraction of sp³-hybridized carbons (Fsp3) is 1.00. The molecule has 2 atom stereocenters. The quantitative estimate of drug-likeness (QED) is 0.796. The van der Waals surface area contributed by atoms with E-state index in [4.69, 9.17) is 10.5 Å². The van der Waals surface area contributed by atoms with E-state index in [1.54, 1.807) is 0 Å². The zero-order valence-electron chi connectivity index (χ0n) is 11.4. The summed E-state index contributed by atoms with van der Waals surface area (Å²) in [6.45, 7) is 8.77. The number of ether oxygens (including phenoxy) is 1. The Morgan fingerprint density at radius 2 is 2.17 bits per heavy atom. The van der Waals surface area contributed by atoms with Crippen LogP contribution in [-0.4, -0.2) is 68.3 Å². The zero-order chi connectivity index (χ0) is 12.4. The van der Waals surface area contributed by atoms with Gasteiger partial charge in [-0.3, -0.25) is 9.80 Å². The Balaban J connectivity index is 1.58. The van der Waals surface area contributed by atoms with Crippen molar-refractivity contribution in [1.29, 1.82) is 0 Å². The highest BCUT2D eigenvalue weighted by molar-refractivity contribution is 4.92. The monoisotopic (exact) mass is 253 g/mol. The highest BCUT2D eigenvalue weighted by atomic mass is 16.5. The number of hydrogen-bond donors (Lipinski definition) is 1. The number of fused-ring (bicyclic) bond motifs is 1. The first kappa shape index (κ1) is 12.9. The van der Waals surface area contributed by atoms with Crippen LogP contribution in [0.15, 0.2) is 0 Å². The number of hydrogen-bond acceptors (Lipinski definition) is 4. The zero-order valence-corrected chi connectivity index (χ0v) is 11.4. The molecule has 0 bridgehead atoms. The molecule has 3 aliphatic rings. The van der Waals surface area contributed by atoms with Crippen molar-refractivity contribution >= 4 is 0 Å². The summed E-state index contributed by atoms with van der Waals surface area (Å²) >= 11 is 0. The van der Waals surface area contributed by atoms with Gasteiger partial charge in [0, 0.05) is 50.8 Å². The van der Waals surface area contributed by atoms with E-state index >= 15 is 0 Å². The number of piperazine rings is 1. The van der Waals surface area contributed by atoms with Crippen molar-refractivity contribution in [2.24, 2.45) is 11.1 Å². The van der Waals surface area contributed by atoms with Gasteiger partial charge in [-0.05, 0) is 32.2 Å². The van der Waals surface area contributed by atoms with Gasteiger partial charge >= 0.3 is 0 Å². The topological polar surface area (TPSA) is 41.7 Å². The van der Waals surface area contributed by atoms with Crippen LogP contribution in [0.2, 0.25) is 0 Å². The minimum atomic E-state index is 0.235. The van der Waals surface area contributed by atoms with Gasteiger partial charge in [-0.25, -0.2) is 0 Å². The maximum atomic E-state index is 6.05. The Bertz CT molecular complexity index is 278. The Labute approximate surface area is 110 Å². The maximum Gasteiger partial charge on any atom is 0.0546 e. The van der Waals surface area contributed by atoms with E-state index in [1.807, 2.05) is 0 Å². The molecule has 3 heterocycles. The Hall–Kier alpha value is -0.160. The third-order valence-corrected chi connectivity index (χ3v) is 5.07. The van der Waals surface area contributed by atoms with Crippen molar-refractivity contribution in [2.45, 2.75) is 31.7 Å². The molecule has 3 rings (SSSR count). The lowest BCUT2D eigenvalue weighted by Gasteiger charge is -2.44. The van der Waals surface area contributed by atoms with Gasteiger partial charge in [0.05, 0.1) is 6.61 Å². The van der Waals surface area contributed by atoms with Crippen LogP contribution in [0.1, 0.15) is 25.7 Å². The summed E-state index contributed by atoms with van der Waals surface area (Å²) < 4.78 is 5.69. The van der Waals surface area contributed by atoms with Crippen molar-refractivity contribution in [3.63, 3.8) is 0 Å². The molecule has 0 aromatic rings. The highest BCUT2D eigenvalue weighted by Crippen LogP contribution is 2.30. The van der Waals surface area contributed by atoms with E-state index in [1.165, 1.54) is 51.9 Å². The number of rotatable bonds is 3. The van der Waals surface area contributed by atoms with Crippen LogP contribution in [0.5, 0.6) is 0 Å². The number of nitrogens with two attached hydrogens (primary N) is 1. The summed E-state index contributed by atoms with van der Waals surface area (Å²) in [7, 11) is 0. The second-order valence-corrected chi connectivity index (χ2v) is 6.43. The van der Waals surface area contributed by atoms with Gasteiger partial charge in [0.2, 0.25) is 0 Å². The van der Waals surface area contributed by atoms with Gasteiger partial charge in [-0.15, -0.1) is 0 Å². The summed E-state index contributed by atoms with van der Waals surface area (Å²) in [4.78, 5) is 5.32. The molecule has 0 radical (unpaired) electrons. The molecule has 3 saturated heterocycles. The molecular formula is C14H27N3O. The Kier molecular flexibility index (Phi) is 3.89. The molecule has 2 unspecified atom stereocenters. The second kappa shape index (κ2) is 5.45. The molecule has 0 aromatic heterocycles. The third-order valence-electron chi connectivity index (χ3n) is 5.07. The molecule has 0 aliphatic carbocycles. The lowest BCUT2D eigenvalue weighted by molar-refractivity contribution is -0.0322.